The Morgan fingerprint density at radius 1 is 1.19 bits per heavy atom. The van der Waals surface area contributed by atoms with Gasteiger partial charge in [0.1, 0.15) is 5.75 Å². The Kier molecular flexibility index (Phi) is 6.66. The summed E-state index contributed by atoms with van der Waals surface area (Å²) in [6.07, 6.45) is 3.32. The van der Waals surface area contributed by atoms with E-state index >= 15 is 0 Å². The Balaban J connectivity index is 2.16. The number of benzene rings is 1. The van der Waals surface area contributed by atoms with Gasteiger partial charge in [-0.05, 0) is 50.0 Å². The predicted octanol–water partition coefficient (Wildman–Crippen LogP) is 3.02. The molecule has 1 aromatic rings. The average Bonchev–Trinajstić information content (AvgIpc) is 2.34. The van der Waals surface area contributed by atoms with Crippen LogP contribution >= 0.6 is 0 Å². The Morgan fingerprint density at radius 3 is 2.81 bits per heavy atom. The molecule has 0 amide bonds. The van der Waals surface area contributed by atoms with Crippen molar-refractivity contribution in [1.29, 1.82) is 0 Å². The van der Waals surface area contributed by atoms with Crippen molar-refractivity contribution in [2.24, 2.45) is 0 Å². The van der Waals surface area contributed by atoms with Crippen molar-refractivity contribution in [2.45, 2.75) is 33.1 Å². The third-order valence-electron chi connectivity index (χ3n) is 2.50. The molecular weight excluding hydrogens is 198 g/mol. The molecule has 1 aromatic carbocycles. The largest absolute Gasteiger partial charge is 0.494 e. The van der Waals surface area contributed by atoms with Crippen molar-refractivity contribution in [1.82, 2.24) is 5.32 Å². The maximum absolute atomic E-state index is 5.69. The molecule has 0 atom stereocenters. The summed E-state index contributed by atoms with van der Waals surface area (Å²) in [7, 11) is 0. The first-order chi connectivity index (χ1) is 7.86. The van der Waals surface area contributed by atoms with Gasteiger partial charge in [0.2, 0.25) is 0 Å². The quantitative estimate of drug-likeness (QED) is 0.681. The van der Waals surface area contributed by atoms with Crippen molar-refractivity contribution >= 4 is 0 Å². The van der Waals surface area contributed by atoms with Crippen LogP contribution in [0, 0.1) is 0 Å². The highest BCUT2D eigenvalue weighted by Crippen LogP contribution is 2.13. The molecule has 0 aliphatic heterocycles. The summed E-state index contributed by atoms with van der Waals surface area (Å²) in [4.78, 5) is 0. The van der Waals surface area contributed by atoms with E-state index in [0.717, 1.165) is 38.3 Å². The number of hydrogen-bond donors (Lipinski definition) is 1. The third-order valence-corrected chi connectivity index (χ3v) is 2.50. The maximum Gasteiger partial charge on any atom is 0.119 e. The lowest BCUT2D eigenvalue weighted by atomic mass is 10.2. The van der Waals surface area contributed by atoms with Gasteiger partial charge in [-0.2, -0.15) is 0 Å². The van der Waals surface area contributed by atoms with E-state index in [1.54, 1.807) is 0 Å². The lowest BCUT2D eigenvalue weighted by Gasteiger charge is -2.07. The second-order valence-electron chi connectivity index (χ2n) is 3.95. The molecular formula is C14H23NO. The summed E-state index contributed by atoms with van der Waals surface area (Å²) in [5.74, 6) is 0.995. The smallest absolute Gasteiger partial charge is 0.119 e. The highest BCUT2D eigenvalue weighted by atomic mass is 16.5. The lowest BCUT2D eigenvalue weighted by molar-refractivity contribution is 0.308. The summed E-state index contributed by atoms with van der Waals surface area (Å²) in [6.45, 7) is 7.28. The summed E-state index contributed by atoms with van der Waals surface area (Å²) in [5.41, 5.74) is 1.33. The first-order valence-electron chi connectivity index (χ1n) is 6.29. The number of ether oxygens (including phenoxy) is 1. The molecule has 16 heavy (non-hydrogen) atoms. The zero-order valence-electron chi connectivity index (χ0n) is 10.5. The number of aryl methyl sites for hydroxylation is 1. The molecule has 0 aliphatic rings. The third kappa shape index (κ3) is 5.17. The molecule has 0 unspecified atom stereocenters. The van der Waals surface area contributed by atoms with Crippen LogP contribution < -0.4 is 10.1 Å². The van der Waals surface area contributed by atoms with Gasteiger partial charge < -0.3 is 10.1 Å². The molecule has 0 aliphatic carbocycles. The predicted molar refractivity (Wildman–Crippen MR) is 69.1 cm³/mol. The summed E-state index contributed by atoms with van der Waals surface area (Å²) in [5, 5.41) is 3.36. The number of nitrogens with one attached hydrogen (secondary N) is 1. The number of hydrogen-bond acceptors (Lipinski definition) is 2. The van der Waals surface area contributed by atoms with E-state index in [1.807, 2.05) is 6.07 Å². The lowest BCUT2D eigenvalue weighted by Crippen LogP contribution is -2.18. The number of rotatable bonds is 8. The monoisotopic (exact) mass is 221 g/mol. The minimum absolute atomic E-state index is 0.796. The fourth-order valence-corrected chi connectivity index (χ4v) is 1.54. The van der Waals surface area contributed by atoms with Gasteiger partial charge in [-0.25, -0.2) is 0 Å². The standard InChI is InChI=1S/C14H23NO/c1-3-9-15-10-6-11-16-14-8-5-7-13(4-2)12-14/h5,7-8,12,15H,3-4,6,9-11H2,1-2H3. The summed E-state index contributed by atoms with van der Waals surface area (Å²) < 4.78 is 5.69. The molecule has 90 valence electrons. The summed E-state index contributed by atoms with van der Waals surface area (Å²) in [6, 6.07) is 8.34. The Bertz CT molecular complexity index is 286. The van der Waals surface area contributed by atoms with Gasteiger partial charge in [0.15, 0.2) is 0 Å². The van der Waals surface area contributed by atoms with Crippen LogP contribution in [0.3, 0.4) is 0 Å². The van der Waals surface area contributed by atoms with E-state index in [-0.39, 0.29) is 0 Å². The van der Waals surface area contributed by atoms with Crippen LogP contribution in [0.1, 0.15) is 32.3 Å². The molecule has 0 heterocycles. The Labute approximate surface area is 99.0 Å². The Hall–Kier alpha value is -1.02. The molecule has 0 saturated heterocycles. The van der Waals surface area contributed by atoms with E-state index in [1.165, 1.54) is 12.0 Å². The van der Waals surface area contributed by atoms with E-state index < -0.39 is 0 Å². The SMILES string of the molecule is CCCNCCCOc1cccc(CC)c1. The fourth-order valence-electron chi connectivity index (χ4n) is 1.54. The zero-order chi connectivity index (χ0) is 11.6. The normalized spacial score (nSPS) is 10.4. The topological polar surface area (TPSA) is 21.3 Å². The highest BCUT2D eigenvalue weighted by molar-refractivity contribution is 5.28. The molecule has 2 heteroatoms. The van der Waals surface area contributed by atoms with Crippen molar-refractivity contribution in [3.05, 3.63) is 29.8 Å². The minimum Gasteiger partial charge on any atom is -0.494 e. The second-order valence-corrected chi connectivity index (χ2v) is 3.95. The molecule has 0 fully saturated rings. The van der Waals surface area contributed by atoms with Crippen molar-refractivity contribution in [3.63, 3.8) is 0 Å². The fraction of sp³-hybridized carbons (Fsp3) is 0.571. The van der Waals surface area contributed by atoms with Crippen LogP contribution in [0.4, 0.5) is 0 Å². The van der Waals surface area contributed by atoms with Crippen molar-refractivity contribution in [3.8, 4) is 5.75 Å². The van der Waals surface area contributed by atoms with E-state index in [4.69, 9.17) is 4.74 Å². The Morgan fingerprint density at radius 2 is 2.06 bits per heavy atom. The van der Waals surface area contributed by atoms with Crippen molar-refractivity contribution < 1.29 is 4.74 Å². The van der Waals surface area contributed by atoms with E-state index in [0.29, 0.717) is 0 Å². The maximum atomic E-state index is 5.69. The van der Waals surface area contributed by atoms with Crippen LogP contribution in [-0.4, -0.2) is 19.7 Å². The van der Waals surface area contributed by atoms with Crippen LogP contribution in [0.15, 0.2) is 24.3 Å². The summed E-state index contributed by atoms with van der Waals surface area (Å²) >= 11 is 0. The van der Waals surface area contributed by atoms with Gasteiger partial charge in [-0.3, -0.25) is 0 Å². The molecule has 0 spiro atoms. The van der Waals surface area contributed by atoms with E-state index in [9.17, 15) is 0 Å². The zero-order valence-corrected chi connectivity index (χ0v) is 10.5. The van der Waals surface area contributed by atoms with Crippen LogP contribution in [-0.2, 0) is 6.42 Å². The molecule has 1 rings (SSSR count). The molecule has 2 nitrogen and oxygen atoms in total. The van der Waals surface area contributed by atoms with E-state index in [2.05, 4.69) is 37.4 Å². The van der Waals surface area contributed by atoms with Crippen LogP contribution in [0.2, 0.25) is 0 Å². The van der Waals surface area contributed by atoms with Gasteiger partial charge in [-0.1, -0.05) is 26.0 Å². The van der Waals surface area contributed by atoms with Gasteiger partial charge in [-0.15, -0.1) is 0 Å². The van der Waals surface area contributed by atoms with Crippen LogP contribution in [0.25, 0.3) is 0 Å². The molecule has 0 aromatic heterocycles. The van der Waals surface area contributed by atoms with Gasteiger partial charge in [0.25, 0.3) is 0 Å². The van der Waals surface area contributed by atoms with Gasteiger partial charge in [0, 0.05) is 0 Å². The minimum atomic E-state index is 0.796. The molecule has 0 bridgehead atoms. The highest BCUT2D eigenvalue weighted by Gasteiger charge is 1.95. The second kappa shape index (κ2) is 8.17. The van der Waals surface area contributed by atoms with Crippen molar-refractivity contribution in [2.75, 3.05) is 19.7 Å². The molecule has 0 radical (unpaired) electrons. The molecule has 1 N–H and O–H groups in total. The van der Waals surface area contributed by atoms with Gasteiger partial charge >= 0.3 is 0 Å². The first kappa shape index (κ1) is 13.0. The van der Waals surface area contributed by atoms with Gasteiger partial charge in [0.05, 0.1) is 6.61 Å². The first-order valence-corrected chi connectivity index (χ1v) is 6.29. The molecule has 0 saturated carbocycles. The van der Waals surface area contributed by atoms with Crippen LogP contribution in [0.5, 0.6) is 5.75 Å². The average molecular weight is 221 g/mol.